The largest absolute Gasteiger partial charge is 0.486 e. The fraction of sp³-hybridized carbons (Fsp3) is 0.600. The van der Waals surface area contributed by atoms with Crippen LogP contribution < -0.4 is 0 Å². The Morgan fingerprint density at radius 2 is 2.15 bits per heavy atom. The van der Waals surface area contributed by atoms with Gasteiger partial charge in [0.15, 0.2) is 0 Å². The molecule has 72 valence electrons. The summed E-state index contributed by atoms with van der Waals surface area (Å²) in [5.74, 6) is -1.12. The highest BCUT2D eigenvalue weighted by atomic mass is 16.4. The first-order chi connectivity index (χ1) is 6.22. The van der Waals surface area contributed by atoms with Gasteiger partial charge >= 0.3 is 5.97 Å². The quantitative estimate of drug-likeness (QED) is 0.389. The van der Waals surface area contributed by atoms with Crippen LogP contribution in [0.25, 0.3) is 4.85 Å². The first-order valence-electron chi connectivity index (χ1n) is 4.53. The maximum absolute atomic E-state index is 10.4. The van der Waals surface area contributed by atoms with E-state index in [0.717, 1.165) is 12.8 Å². The number of hydrogen-bond acceptors (Lipinski definition) is 1. The lowest BCUT2D eigenvalue weighted by molar-refractivity contribution is -0.132. The van der Waals surface area contributed by atoms with E-state index < -0.39 is 5.97 Å². The summed E-state index contributed by atoms with van der Waals surface area (Å²) in [6.45, 7) is 8.71. The van der Waals surface area contributed by atoms with Crippen molar-refractivity contribution in [3.05, 3.63) is 23.2 Å². The van der Waals surface area contributed by atoms with Gasteiger partial charge in [0.05, 0.1) is 6.57 Å². The molecule has 0 unspecified atom stereocenters. The summed E-state index contributed by atoms with van der Waals surface area (Å²) in [5.41, 5.74) is -0.156. The van der Waals surface area contributed by atoms with Gasteiger partial charge in [0.25, 0.3) is 5.70 Å². The van der Waals surface area contributed by atoms with Gasteiger partial charge in [-0.2, -0.15) is 0 Å². The molecule has 3 heteroatoms. The molecule has 0 rings (SSSR count). The number of rotatable bonds is 6. The Labute approximate surface area is 78.9 Å². The standard InChI is InChI=1S/C10H15NO2/c1-3-4-5-6-7-8-9(11-2)10(12)13/h8H,3-7H2,1H3,(H,12,13). The number of carboxylic acids is 1. The summed E-state index contributed by atoms with van der Waals surface area (Å²) in [7, 11) is 0. The van der Waals surface area contributed by atoms with E-state index in [0.29, 0.717) is 6.42 Å². The number of aliphatic carboxylic acids is 1. The Morgan fingerprint density at radius 1 is 1.46 bits per heavy atom. The molecule has 0 radical (unpaired) electrons. The third-order valence-electron chi connectivity index (χ3n) is 1.73. The van der Waals surface area contributed by atoms with Gasteiger partial charge in [0, 0.05) is 0 Å². The van der Waals surface area contributed by atoms with Crippen molar-refractivity contribution in [3.63, 3.8) is 0 Å². The molecule has 0 saturated carbocycles. The van der Waals surface area contributed by atoms with Crippen LogP contribution in [0.15, 0.2) is 11.8 Å². The zero-order chi connectivity index (χ0) is 10.1. The third-order valence-corrected chi connectivity index (χ3v) is 1.73. The van der Waals surface area contributed by atoms with Crippen LogP contribution in [0.2, 0.25) is 0 Å². The summed E-state index contributed by atoms with van der Waals surface area (Å²) in [4.78, 5) is 13.3. The molecule has 0 aliphatic heterocycles. The van der Waals surface area contributed by atoms with Gasteiger partial charge in [-0.15, -0.1) is 0 Å². The molecule has 0 amide bonds. The predicted octanol–water partition coefficient (Wildman–Crippen LogP) is 2.84. The highest BCUT2D eigenvalue weighted by Gasteiger charge is 2.04. The van der Waals surface area contributed by atoms with Crippen molar-refractivity contribution < 1.29 is 9.90 Å². The van der Waals surface area contributed by atoms with Crippen LogP contribution in [0.3, 0.4) is 0 Å². The van der Waals surface area contributed by atoms with Crippen LogP contribution in [0.5, 0.6) is 0 Å². The van der Waals surface area contributed by atoms with Crippen molar-refractivity contribution in [2.45, 2.75) is 39.0 Å². The SMILES string of the molecule is [C-]#[N+]C(=CCCCCCC)C(=O)O. The van der Waals surface area contributed by atoms with Crippen molar-refractivity contribution in [3.8, 4) is 0 Å². The summed E-state index contributed by atoms with van der Waals surface area (Å²) >= 11 is 0. The van der Waals surface area contributed by atoms with E-state index in [1.807, 2.05) is 0 Å². The highest BCUT2D eigenvalue weighted by Crippen LogP contribution is 2.06. The van der Waals surface area contributed by atoms with Crippen molar-refractivity contribution in [1.82, 2.24) is 0 Å². The molecule has 0 aromatic heterocycles. The van der Waals surface area contributed by atoms with E-state index in [1.165, 1.54) is 18.9 Å². The van der Waals surface area contributed by atoms with E-state index in [4.69, 9.17) is 11.7 Å². The summed E-state index contributed by atoms with van der Waals surface area (Å²) in [5, 5.41) is 8.49. The molecule has 0 aromatic carbocycles. The second-order valence-corrected chi connectivity index (χ2v) is 2.86. The number of carbonyl (C=O) groups is 1. The van der Waals surface area contributed by atoms with Gasteiger partial charge in [-0.1, -0.05) is 38.7 Å². The number of carboxylic acid groups (broad SMARTS) is 1. The average Bonchev–Trinajstić information content (AvgIpc) is 2.10. The summed E-state index contributed by atoms with van der Waals surface area (Å²) in [6.07, 6.45) is 6.62. The number of allylic oxidation sites excluding steroid dienone is 1. The maximum atomic E-state index is 10.4. The van der Waals surface area contributed by atoms with Crippen LogP contribution >= 0.6 is 0 Å². The molecule has 0 fully saturated rings. The Bertz CT molecular complexity index is 226. The molecule has 13 heavy (non-hydrogen) atoms. The molecule has 0 bridgehead atoms. The van der Waals surface area contributed by atoms with Crippen LogP contribution in [0, 0.1) is 6.57 Å². The van der Waals surface area contributed by atoms with Crippen LogP contribution in [-0.4, -0.2) is 11.1 Å². The average molecular weight is 181 g/mol. The van der Waals surface area contributed by atoms with E-state index in [-0.39, 0.29) is 5.70 Å². The Kier molecular flexibility index (Phi) is 6.62. The van der Waals surface area contributed by atoms with Gasteiger partial charge in [0.1, 0.15) is 0 Å². The minimum absolute atomic E-state index is 0.156. The molecule has 0 aromatic rings. The fourth-order valence-electron chi connectivity index (χ4n) is 0.991. The first-order valence-corrected chi connectivity index (χ1v) is 4.53. The van der Waals surface area contributed by atoms with E-state index >= 15 is 0 Å². The minimum atomic E-state index is -1.12. The smallest absolute Gasteiger partial charge is 0.333 e. The van der Waals surface area contributed by atoms with Crippen molar-refractivity contribution in [2.24, 2.45) is 0 Å². The van der Waals surface area contributed by atoms with Crippen molar-refractivity contribution in [1.29, 1.82) is 0 Å². The zero-order valence-corrected chi connectivity index (χ0v) is 7.92. The molecular formula is C10H15NO2. The zero-order valence-electron chi connectivity index (χ0n) is 7.92. The molecule has 0 spiro atoms. The van der Waals surface area contributed by atoms with Crippen molar-refractivity contribution in [2.75, 3.05) is 0 Å². The Morgan fingerprint density at radius 3 is 2.62 bits per heavy atom. The predicted molar refractivity (Wildman–Crippen MR) is 51.1 cm³/mol. The van der Waals surface area contributed by atoms with Crippen LogP contribution in [0.4, 0.5) is 0 Å². The monoisotopic (exact) mass is 181 g/mol. The fourth-order valence-corrected chi connectivity index (χ4v) is 0.991. The van der Waals surface area contributed by atoms with Gasteiger partial charge in [0.2, 0.25) is 0 Å². The van der Waals surface area contributed by atoms with Crippen molar-refractivity contribution >= 4 is 5.97 Å². The number of hydrogen-bond donors (Lipinski definition) is 1. The Balaban J connectivity index is 3.70. The summed E-state index contributed by atoms with van der Waals surface area (Å²) < 4.78 is 0. The third kappa shape index (κ3) is 5.92. The number of unbranched alkanes of at least 4 members (excludes halogenated alkanes) is 4. The second kappa shape index (κ2) is 7.35. The molecule has 3 nitrogen and oxygen atoms in total. The summed E-state index contributed by atoms with van der Waals surface area (Å²) in [6, 6.07) is 0. The van der Waals surface area contributed by atoms with Gasteiger partial charge in [-0.05, 0) is 6.42 Å². The van der Waals surface area contributed by atoms with Gasteiger partial charge < -0.3 is 5.11 Å². The van der Waals surface area contributed by atoms with E-state index in [2.05, 4.69) is 11.8 Å². The lowest BCUT2D eigenvalue weighted by Crippen LogP contribution is -1.95. The maximum Gasteiger partial charge on any atom is 0.333 e. The molecule has 0 atom stereocenters. The topological polar surface area (TPSA) is 41.7 Å². The normalized spacial score (nSPS) is 10.9. The van der Waals surface area contributed by atoms with Gasteiger partial charge in [-0.3, -0.25) is 4.79 Å². The number of nitrogens with zero attached hydrogens (tertiary/aromatic N) is 1. The Hall–Kier alpha value is -1.30. The van der Waals surface area contributed by atoms with Crippen LogP contribution in [-0.2, 0) is 4.79 Å². The molecular weight excluding hydrogens is 166 g/mol. The second-order valence-electron chi connectivity index (χ2n) is 2.86. The first kappa shape index (κ1) is 11.7. The van der Waals surface area contributed by atoms with Crippen LogP contribution in [0.1, 0.15) is 39.0 Å². The molecule has 0 heterocycles. The molecule has 0 saturated heterocycles. The minimum Gasteiger partial charge on any atom is -0.486 e. The van der Waals surface area contributed by atoms with Gasteiger partial charge in [-0.25, -0.2) is 4.85 Å². The molecule has 1 N–H and O–H groups in total. The highest BCUT2D eigenvalue weighted by molar-refractivity contribution is 5.88. The van der Waals surface area contributed by atoms with E-state index in [1.54, 1.807) is 0 Å². The molecule has 0 aliphatic carbocycles. The lowest BCUT2D eigenvalue weighted by atomic mass is 10.1. The van der Waals surface area contributed by atoms with E-state index in [9.17, 15) is 4.79 Å². The molecule has 0 aliphatic rings. The lowest BCUT2D eigenvalue weighted by Gasteiger charge is -1.94.